The molecule has 0 aliphatic carbocycles. The van der Waals surface area contributed by atoms with E-state index in [1.54, 1.807) is 6.08 Å². The van der Waals surface area contributed by atoms with Crippen molar-refractivity contribution in [1.82, 2.24) is 0 Å². The number of benzene rings is 1. The number of anilines is 1. The average molecular weight is 294 g/mol. The fraction of sp³-hybridized carbons (Fsp3) is 0.154. The van der Waals surface area contributed by atoms with Crippen molar-refractivity contribution in [3.8, 4) is 12.3 Å². The van der Waals surface area contributed by atoms with Crippen LogP contribution in [0.5, 0.6) is 0 Å². The Morgan fingerprint density at radius 3 is 2.94 bits per heavy atom. The van der Waals surface area contributed by atoms with Gasteiger partial charge in [-0.25, -0.2) is 4.79 Å². The lowest BCUT2D eigenvalue weighted by atomic mass is 10.1. The summed E-state index contributed by atoms with van der Waals surface area (Å²) in [5.41, 5.74) is 1.70. The summed E-state index contributed by atoms with van der Waals surface area (Å²) in [6, 6.07) is 5.60. The molecule has 0 radical (unpaired) electrons. The monoisotopic (exact) mass is 293 g/mol. The molecule has 0 heterocycles. The third-order valence-electron chi connectivity index (χ3n) is 2.14. The lowest BCUT2D eigenvalue weighted by molar-refractivity contribution is -0.131. The molecule has 3 nitrogen and oxygen atoms in total. The number of carboxylic acid groups (broad SMARTS) is 1. The molecule has 88 valence electrons. The third-order valence-corrected chi connectivity index (χ3v) is 2.63. The molecular formula is C13H12BrNO2. The third kappa shape index (κ3) is 3.97. The summed E-state index contributed by atoms with van der Waals surface area (Å²) in [5.74, 6) is 1.57. The minimum absolute atomic E-state index is 0.463. The predicted molar refractivity (Wildman–Crippen MR) is 72.9 cm³/mol. The largest absolute Gasteiger partial charge is 0.478 e. The fourth-order valence-electron chi connectivity index (χ4n) is 1.37. The van der Waals surface area contributed by atoms with Crippen LogP contribution in [-0.2, 0) is 4.79 Å². The maximum atomic E-state index is 10.5. The van der Waals surface area contributed by atoms with Crippen LogP contribution in [0.1, 0.15) is 5.56 Å². The summed E-state index contributed by atoms with van der Waals surface area (Å²) in [7, 11) is 1.86. The molecule has 0 aliphatic rings. The lowest BCUT2D eigenvalue weighted by Crippen LogP contribution is -2.18. The smallest absolute Gasteiger partial charge is 0.328 e. The maximum Gasteiger partial charge on any atom is 0.328 e. The zero-order valence-corrected chi connectivity index (χ0v) is 10.9. The van der Waals surface area contributed by atoms with E-state index in [0.717, 1.165) is 21.8 Å². The minimum Gasteiger partial charge on any atom is -0.478 e. The van der Waals surface area contributed by atoms with Gasteiger partial charge in [-0.3, -0.25) is 0 Å². The number of aliphatic carboxylic acids is 1. The topological polar surface area (TPSA) is 40.5 Å². The van der Waals surface area contributed by atoms with Gasteiger partial charge >= 0.3 is 5.97 Å². The second-order valence-electron chi connectivity index (χ2n) is 3.43. The van der Waals surface area contributed by atoms with Crippen molar-refractivity contribution < 1.29 is 9.90 Å². The summed E-state index contributed by atoms with van der Waals surface area (Å²) in [6.45, 7) is 0.463. The van der Waals surface area contributed by atoms with Crippen molar-refractivity contribution in [2.24, 2.45) is 0 Å². The highest BCUT2D eigenvalue weighted by Crippen LogP contribution is 2.25. The number of nitrogens with zero attached hydrogens (tertiary/aromatic N) is 1. The van der Waals surface area contributed by atoms with E-state index < -0.39 is 5.97 Å². The van der Waals surface area contributed by atoms with E-state index >= 15 is 0 Å². The van der Waals surface area contributed by atoms with Crippen molar-refractivity contribution in [3.63, 3.8) is 0 Å². The van der Waals surface area contributed by atoms with Gasteiger partial charge in [-0.15, -0.1) is 6.42 Å². The Labute approximate surface area is 109 Å². The van der Waals surface area contributed by atoms with E-state index in [0.29, 0.717) is 6.54 Å². The lowest BCUT2D eigenvalue weighted by Gasteiger charge is -2.19. The Balaban J connectivity index is 3.12. The SMILES string of the molecule is C#CCN(C)c1cc(Br)ccc1/C=C/C(=O)O. The zero-order chi connectivity index (χ0) is 12.8. The first-order valence-electron chi connectivity index (χ1n) is 4.89. The van der Waals surface area contributed by atoms with Crippen molar-refractivity contribution in [2.45, 2.75) is 0 Å². The quantitative estimate of drug-likeness (QED) is 0.685. The molecule has 0 bridgehead atoms. The van der Waals surface area contributed by atoms with Crippen LogP contribution in [0.25, 0.3) is 6.08 Å². The van der Waals surface area contributed by atoms with Crippen molar-refractivity contribution >= 4 is 33.7 Å². The number of carboxylic acids is 1. The minimum atomic E-state index is -0.974. The summed E-state index contributed by atoms with van der Waals surface area (Å²) in [5, 5.41) is 8.62. The Bertz CT molecular complexity index is 489. The van der Waals surface area contributed by atoms with Gasteiger partial charge in [-0.05, 0) is 23.8 Å². The fourth-order valence-corrected chi connectivity index (χ4v) is 1.72. The highest BCUT2D eigenvalue weighted by Gasteiger charge is 2.05. The first-order valence-corrected chi connectivity index (χ1v) is 5.69. The zero-order valence-electron chi connectivity index (χ0n) is 9.35. The van der Waals surface area contributed by atoms with Crippen molar-refractivity contribution in [3.05, 3.63) is 34.3 Å². The molecule has 0 unspecified atom stereocenters. The molecule has 1 rings (SSSR count). The highest BCUT2D eigenvalue weighted by atomic mass is 79.9. The van der Waals surface area contributed by atoms with Gasteiger partial charge in [0, 0.05) is 23.3 Å². The van der Waals surface area contributed by atoms with Crippen LogP contribution in [0.4, 0.5) is 5.69 Å². The van der Waals surface area contributed by atoms with E-state index in [1.807, 2.05) is 30.1 Å². The van der Waals surface area contributed by atoms with E-state index in [2.05, 4.69) is 21.9 Å². The van der Waals surface area contributed by atoms with Crippen LogP contribution < -0.4 is 4.90 Å². The molecule has 0 fully saturated rings. The van der Waals surface area contributed by atoms with Gasteiger partial charge in [0.15, 0.2) is 0 Å². The number of hydrogen-bond donors (Lipinski definition) is 1. The van der Waals surface area contributed by atoms with Crippen LogP contribution in [0.2, 0.25) is 0 Å². The van der Waals surface area contributed by atoms with Crippen molar-refractivity contribution in [1.29, 1.82) is 0 Å². The van der Waals surface area contributed by atoms with E-state index in [9.17, 15) is 4.79 Å². The van der Waals surface area contributed by atoms with Crippen LogP contribution in [0, 0.1) is 12.3 Å². The molecule has 4 heteroatoms. The average Bonchev–Trinajstić information content (AvgIpc) is 2.27. The molecule has 1 aromatic carbocycles. The normalized spacial score (nSPS) is 10.2. The second kappa shape index (κ2) is 6.12. The van der Waals surface area contributed by atoms with E-state index in [4.69, 9.17) is 11.5 Å². The molecular weight excluding hydrogens is 282 g/mol. The van der Waals surface area contributed by atoms with Gasteiger partial charge in [0.05, 0.1) is 6.54 Å². The number of carbonyl (C=O) groups is 1. The van der Waals surface area contributed by atoms with Gasteiger partial charge < -0.3 is 10.0 Å². The summed E-state index contributed by atoms with van der Waals surface area (Å²) in [6.07, 6.45) is 7.92. The van der Waals surface area contributed by atoms with Crippen LogP contribution >= 0.6 is 15.9 Å². The molecule has 0 atom stereocenters. The molecule has 17 heavy (non-hydrogen) atoms. The van der Waals surface area contributed by atoms with E-state index in [1.165, 1.54) is 0 Å². The number of hydrogen-bond acceptors (Lipinski definition) is 2. The van der Waals surface area contributed by atoms with Crippen LogP contribution in [0.15, 0.2) is 28.7 Å². The van der Waals surface area contributed by atoms with Gasteiger partial charge in [-0.2, -0.15) is 0 Å². The number of rotatable bonds is 4. The number of terminal acetylenes is 1. The summed E-state index contributed by atoms with van der Waals surface area (Å²) < 4.78 is 0.920. The molecule has 0 aromatic heterocycles. The maximum absolute atomic E-state index is 10.5. The molecule has 1 aromatic rings. The first-order chi connectivity index (χ1) is 8.04. The Kier molecular flexibility index (Phi) is 4.80. The van der Waals surface area contributed by atoms with E-state index in [-0.39, 0.29) is 0 Å². The predicted octanol–water partition coefficient (Wildman–Crippen LogP) is 2.62. The first kappa shape index (κ1) is 13.3. The number of halogens is 1. The van der Waals surface area contributed by atoms with Gasteiger partial charge in [0.25, 0.3) is 0 Å². The molecule has 0 amide bonds. The second-order valence-corrected chi connectivity index (χ2v) is 4.35. The van der Waals surface area contributed by atoms with Crippen LogP contribution in [-0.4, -0.2) is 24.7 Å². The molecule has 1 N–H and O–H groups in total. The standard InChI is InChI=1S/C13H12BrNO2/c1-3-8-15(2)12-9-11(14)6-4-10(12)5-7-13(16)17/h1,4-7,9H,8H2,2H3,(H,16,17)/b7-5+. The molecule has 0 saturated heterocycles. The molecule has 0 aliphatic heterocycles. The Hall–Kier alpha value is -1.73. The molecule has 0 spiro atoms. The van der Waals surface area contributed by atoms with Gasteiger partial charge in [0.2, 0.25) is 0 Å². The highest BCUT2D eigenvalue weighted by molar-refractivity contribution is 9.10. The molecule has 0 saturated carbocycles. The van der Waals surface area contributed by atoms with Crippen molar-refractivity contribution in [2.75, 3.05) is 18.5 Å². The Morgan fingerprint density at radius 2 is 2.35 bits per heavy atom. The van der Waals surface area contributed by atoms with Gasteiger partial charge in [-0.1, -0.05) is 27.9 Å². The summed E-state index contributed by atoms with van der Waals surface area (Å²) >= 11 is 3.38. The van der Waals surface area contributed by atoms with Gasteiger partial charge in [0.1, 0.15) is 0 Å². The van der Waals surface area contributed by atoms with Crippen LogP contribution in [0.3, 0.4) is 0 Å². The summed E-state index contributed by atoms with van der Waals surface area (Å²) in [4.78, 5) is 12.4. The Morgan fingerprint density at radius 1 is 1.65 bits per heavy atom.